The van der Waals surface area contributed by atoms with Crippen molar-refractivity contribution in [1.29, 1.82) is 0 Å². The van der Waals surface area contributed by atoms with Crippen LogP contribution in [0.5, 0.6) is 23.0 Å². The van der Waals surface area contributed by atoms with E-state index in [0.29, 0.717) is 17.2 Å². The van der Waals surface area contributed by atoms with E-state index < -0.39 is 5.60 Å². The molecule has 3 aromatic carbocycles. The van der Waals surface area contributed by atoms with Crippen molar-refractivity contribution in [2.75, 3.05) is 26.6 Å². The summed E-state index contributed by atoms with van der Waals surface area (Å²) >= 11 is 0. The highest BCUT2D eigenvalue weighted by molar-refractivity contribution is 6.02. The van der Waals surface area contributed by atoms with E-state index in [2.05, 4.69) is 11.4 Å². The van der Waals surface area contributed by atoms with Gasteiger partial charge in [0.2, 0.25) is 5.91 Å². The quantitative estimate of drug-likeness (QED) is 0.415. The van der Waals surface area contributed by atoms with Crippen LogP contribution in [-0.2, 0) is 4.79 Å². The standard InChI is InChI=1S/C29H29NO5/c1-29(2)13-12-20-14-19(6-11-27(31)30-22-7-9-23(32-3)10-8-22)15-26(28(20)35-29)21-16-24(33-4)18-25(17-21)34-5/h6-18H,1-5H3,(H,30,31). The van der Waals surface area contributed by atoms with Crippen molar-refractivity contribution in [3.63, 3.8) is 0 Å². The van der Waals surface area contributed by atoms with Gasteiger partial charge in [-0.15, -0.1) is 0 Å². The van der Waals surface area contributed by atoms with Crippen LogP contribution in [0.15, 0.2) is 66.7 Å². The Kier molecular flexibility index (Phi) is 6.82. The van der Waals surface area contributed by atoms with Crippen molar-refractivity contribution in [1.82, 2.24) is 0 Å². The number of hydrogen-bond acceptors (Lipinski definition) is 5. The summed E-state index contributed by atoms with van der Waals surface area (Å²) in [5, 5.41) is 2.86. The number of nitrogens with one attached hydrogen (secondary N) is 1. The van der Waals surface area contributed by atoms with Crippen LogP contribution in [0.2, 0.25) is 0 Å². The van der Waals surface area contributed by atoms with E-state index in [1.54, 1.807) is 51.7 Å². The van der Waals surface area contributed by atoms with Crippen molar-refractivity contribution in [3.8, 4) is 34.1 Å². The van der Waals surface area contributed by atoms with Crippen LogP contribution in [0.25, 0.3) is 23.3 Å². The maximum absolute atomic E-state index is 12.5. The Morgan fingerprint density at radius 3 is 2.17 bits per heavy atom. The molecule has 0 fully saturated rings. The summed E-state index contributed by atoms with van der Waals surface area (Å²) in [7, 11) is 4.85. The molecule has 180 valence electrons. The molecule has 6 heteroatoms. The van der Waals surface area contributed by atoms with E-state index >= 15 is 0 Å². The van der Waals surface area contributed by atoms with Crippen LogP contribution in [-0.4, -0.2) is 32.8 Å². The summed E-state index contributed by atoms with van der Waals surface area (Å²) in [6, 6.07) is 16.9. The average molecular weight is 472 g/mol. The highest BCUT2D eigenvalue weighted by Crippen LogP contribution is 2.42. The first-order valence-corrected chi connectivity index (χ1v) is 11.2. The summed E-state index contributed by atoms with van der Waals surface area (Å²) in [5.41, 5.74) is 3.81. The minimum absolute atomic E-state index is 0.231. The predicted molar refractivity (Wildman–Crippen MR) is 139 cm³/mol. The topological polar surface area (TPSA) is 66.0 Å². The first-order chi connectivity index (χ1) is 16.8. The zero-order valence-corrected chi connectivity index (χ0v) is 20.5. The van der Waals surface area contributed by atoms with Gasteiger partial charge in [0.1, 0.15) is 28.6 Å². The number of anilines is 1. The van der Waals surface area contributed by atoms with Gasteiger partial charge in [-0.25, -0.2) is 0 Å². The Balaban J connectivity index is 1.69. The molecular formula is C29H29NO5. The van der Waals surface area contributed by atoms with Crippen LogP contribution in [0.1, 0.15) is 25.0 Å². The summed E-state index contributed by atoms with van der Waals surface area (Å²) in [4.78, 5) is 12.5. The van der Waals surface area contributed by atoms with Gasteiger partial charge in [-0.05, 0) is 85.7 Å². The first kappa shape index (κ1) is 24.0. The molecule has 0 saturated heterocycles. The fourth-order valence-electron chi connectivity index (χ4n) is 3.80. The highest BCUT2D eigenvalue weighted by Gasteiger charge is 2.25. The molecule has 0 aliphatic carbocycles. The third-order valence-electron chi connectivity index (χ3n) is 5.62. The Bertz CT molecular complexity index is 1270. The van der Waals surface area contributed by atoms with Crippen molar-refractivity contribution < 1.29 is 23.7 Å². The molecule has 0 unspecified atom stereocenters. The normalized spacial score (nSPS) is 13.6. The van der Waals surface area contributed by atoms with E-state index in [0.717, 1.165) is 33.8 Å². The Hall–Kier alpha value is -4.19. The molecule has 0 atom stereocenters. The van der Waals surface area contributed by atoms with Gasteiger partial charge in [0.05, 0.1) is 21.3 Å². The molecule has 0 bridgehead atoms. The largest absolute Gasteiger partial charge is 0.497 e. The molecule has 0 radical (unpaired) electrons. The zero-order valence-electron chi connectivity index (χ0n) is 20.5. The molecular weight excluding hydrogens is 442 g/mol. The van der Waals surface area contributed by atoms with Gasteiger partial charge in [0, 0.05) is 29.0 Å². The fourth-order valence-corrected chi connectivity index (χ4v) is 3.80. The summed E-state index contributed by atoms with van der Waals surface area (Å²) in [6.45, 7) is 4.03. The SMILES string of the molecule is COc1ccc(NC(=O)C=Cc2cc3c(c(-c4cc(OC)cc(OC)c4)c2)OC(C)(C)C=C3)cc1. The molecule has 1 heterocycles. The Morgan fingerprint density at radius 1 is 0.886 bits per heavy atom. The maximum Gasteiger partial charge on any atom is 0.248 e. The second-order valence-electron chi connectivity index (χ2n) is 8.68. The molecule has 6 nitrogen and oxygen atoms in total. The molecule has 1 amide bonds. The molecule has 1 aliphatic heterocycles. The number of amides is 1. The summed E-state index contributed by atoms with van der Waals surface area (Å²) in [5.74, 6) is 2.63. The molecule has 3 aromatic rings. The number of rotatable bonds is 7. The van der Waals surface area contributed by atoms with Gasteiger partial charge in [-0.1, -0.05) is 6.08 Å². The van der Waals surface area contributed by atoms with Gasteiger partial charge in [-0.3, -0.25) is 4.79 Å². The molecule has 4 rings (SSSR count). The van der Waals surface area contributed by atoms with Crippen LogP contribution in [0, 0.1) is 0 Å². The third-order valence-corrected chi connectivity index (χ3v) is 5.62. The molecule has 0 aromatic heterocycles. The number of carbonyl (C=O) groups excluding carboxylic acids is 1. The van der Waals surface area contributed by atoms with Gasteiger partial charge in [-0.2, -0.15) is 0 Å². The fraction of sp³-hybridized carbons (Fsp3) is 0.207. The molecule has 35 heavy (non-hydrogen) atoms. The number of ether oxygens (including phenoxy) is 4. The lowest BCUT2D eigenvalue weighted by Gasteiger charge is -2.30. The Labute approximate surface area is 205 Å². The number of carbonyl (C=O) groups is 1. The summed E-state index contributed by atoms with van der Waals surface area (Å²) in [6.07, 6.45) is 7.37. The zero-order chi connectivity index (χ0) is 25.0. The van der Waals surface area contributed by atoms with Gasteiger partial charge in [0.25, 0.3) is 0 Å². The molecule has 0 spiro atoms. The molecule has 0 saturated carbocycles. The lowest BCUT2D eigenvalue weighted by molar-refractivity contribution is -0.111. The van der Waals surface area contributed by atoms with Crippen LogP contribution >= 0.6 is 0 Å². The van der Waals surface area contributed by atoms with E-state index in [9.17, 15) is 4.79 Å². The molecule has 1 aliphatic rings. The van der Waals surface area contributed by atoms with Crippen molar-refractivity contribution in [2.45, 2.75) is 19.4 Å². The van der Waals surface area contributed by atoms with Crippen molar-refractivity contribution in [2.24, 2.45) is 0 Å². The maximum atomic E-state index is 12.5. The predicted octanol–water partition coefficient (Wildman–Crippen LogP) is 6.22. The van der Waals surface area contributed by atoms with E-state index in [1.807, 2.05) is 50.3 Å². The lowest BCUT2D eigenvalue weighted by atomic mass is 9.93. The number of methoxy groups -OCH3 is 3. The van der Waals surface area contributed by atoms with Crippen LogP contribution in [0.4, 0.5) is 5.69 Å². The van der Waals surface area contributed by atoms with Crippen LogP contribution in [0.3, 0.4) is 0 Å². The average Bonchev–Trinajstić information content (AvgIpc) is 2.86. The summed E-state index contributed by atoms with van der Waals surface area (Å²) < 4.78 is 22.5. The van der Waals surface area contributed by atoms with Gasteiger partial charge < -0.3 is 24.3 Å². The minimum Gasteiger partial charge on any atom is -0.497 e. The second kappa shape index (κ2) is 9.97. The number of fused-ring (bicyclic) bond motifs is 1. The third kappa shape index (κ3) is 5.66. The van der Waals surface area contributed by atoms with E-state index in [1.165, 1.54) is 6.08 Å². The monoisotopic (exact) mass is 471 g/mol. The Morgan fingerprint density at radius 2 is 1.54 bits per heavy atom. The van der Waals surface area contributed by atoms with Crippen molar-refractivity contribution >= 4 is 23.7 Å². The van der Waals surface area contributed by atoms with Crippen molar-refractivity contribution in [3.05, 3.63) is 77.9 Å². The second-order valence-corrected chi connectivity index (χ2v) is 8.68. The van der Waals surface area contributed by atoms with Gasteiger partial charge in [0.15, 0.2) is 0 Å². The molecule has 1 N–H and O–H groups in total. The minimum atomic E-state index is -0.444. The number of hydrogen-bond donors (Lipinski definition) is 1. The van der Waals surface area contributed by atoms with Crippen LogP contribution < -0.4 is 24.3 Å². The number of benzene rings is 3. The lowest BCUT2D eigenvalue weighted by Crippen LogP contribution is -2.27. The highest BCUT2D eigenvalue weighted by atomic mass is 16.5. The first-order valence-electron chi connectivity index (χ1n) is 11.2. The van der Waals surface area contributed by atoms with E-state index in [4.69, 9.17) is 18.9 Å². The van der Waals surface area contributed by atoms with E-state index in [-0.39, 0.29) is 5.91 Å². The van der Waals surface area contributed by atoms with Gasteiger partial charge >= 0.3 is 0 Å². The smallest absolute Gasteiger partial charge is 0.248 e.